The van der Waals surface area contributed by atoms with Gasteiger partial charge in [-0.1, -0.05) is 28.7 Å². The van der Waals surface area contributed by atoms with E-state index in [1.54, 1.807) is 11.3 Å². The number of hydrogen-bond acceptors (Lipinski definition) is 2. The first kappa shape index (κ1) is 9.19. The first-order valence-electron chi connectivity index (χ1n) is 3.43. The van der Waals surface area contributed by atoms with Gasteiger partial charge in [0.25, 0.3) is 0 Å². The number of ketones is 1. The van der Waals surface area contributed by atoms with Gasteiger partial charge in [-0.25, -0.2) is 0 Å². The summed E-state index contributed by atoms with van der Waals surface area (Å²) in [6.45, 7) is 0. The van der Waals surface area contributed by atoms with Crippen molar-refractivity contribution >= 4 is 39.7 Å². The van der Waals surface area contributed by atoms with E-state index in [1.807, 2.05) is 17.5 Å². The van der Waals surface area contributed by atoms with E-state index in [2.05, 4.69) is 22.6 Å². The molecule has 1 aromatic rings. The highest BCUT2D eigenvalue weighted by molar-refractivity contribution is 14.1. The summed E-state index contributed by atoms with van der Waals surface area (Å²) in [5, 5.41) is 2.01. The van der Waals surface area contributed by atoms with Crippen molar-refractivity contribution in [2.75, 3.05) is 4.43 Å². The normalized spacial score (nSPS) is 9.91. The molecular weight excluding hydrogens is 271 g/mol. The highest BCUT2D eigenvalue weighted by Gasteiger charge is 2.02. The standard InChI is InChI=1S/C8H9IOS/c9-4-3-7(10)6-8-2-1-5-11-8/h1-2,5H,3-4,6H2. The lowest BCUT2D eigenvalue weighted by atomic mass is 10.2. The Kier molecular flexibility index (Phi) is 4.07. The van der Waals surface area contributed by atoms with Gasteiger partial charge in [0.05, 0.1) is 0 Å². The molecule has 0 spiro atoms. The summed E-state index contributed by atoms with van der Waals surface area (Å²) >= 11 is 3.88. The molecule has 0 saturated heterocycles. The molecule has 0 aliphatic heterocycles. The number of carbonyl (C=O) groups is 1. The van der Waals surface area contributed by atoms with Crippen LogP contribution in [-0.4, -0.2) is 10.2 Å². The second-order valence-corrected chi connectivity index (χ2v) is 4.34. The van der Waals surface area contributed by atoms with Crippen molar-refractivity contribution in [1.29, 1.82) is 0 Å². The van der Waals surface area contributed by atoms with Gasteiger partial charge in [-0.2, -0.15) is 0 Å². The highest BCUT2D eigenvalue weighted by Crippen LogP contribution is 2.10. The lowest BCUT2D eigenvalue weighted by Crippen LogP contribution is -2.00. The van der Waals surface area contributed by atoms with E-state index in [0.29, 0.717) is 18.6 Å². The van der Waals surface area contributed by atoms with Crippen LogP contribution in [0.25, 0.3) is 0 Å². The lowest BCUT2D eigenvalue weighted by Gasteiger charge is -1.93. The van der Waals surface area contributed by atoms with Gasteiger partial charge in [-0.15, -0.1) is 11.3 Å². The predicted molar refractivity (Wildman–Crippen MR) is 56.5 cm³/mol. The van der Waals surface area contributed by atoms with Crippen LogP contribution in [-0.2, 0) is 11.2 Å². The fourth-order valence-corrected chi connectivity index (χ4v) is 2.14. The third-order valence-electron chi connectivity index (χ3n) is 1.32. The first-order chi connectivity index (χ1) is 5.33. The molecule has 1 aromatic heterocycles. The largest absolute Gasteiger partial charge is 0.299 e. The molecule has 0 N–H and O–H groups in total. The van der Waals surface area contributed by atoms with Gasteiger partial charge in [0, 0.05) is 22.1 Å². The van der Waals surface area contributed by atoms with Crippen molar-refractivity contribution in [3.63, 3.8) is 0 Å². The van der Waals surface area contributed by atoms with Crippen LogP contribution in [0, 0.1) is 0 Å². The van der Waals surface area contributed by atoms with Gasteiger partial charge in [-0.05, 0) is 11.4 Å². The van der Waals surface area contributed by atoms with Crippen molar-refractivity contribution in [2.45, 2.75) is 12.8 Å². The van der Waals surface area contributed by atoms with Gasteiger partial charge in [-0.3, -0.25) is 4.79 Å². The Balaban J connectivity index is 2.37. The minimum absolute atomic E-state index is 0.349. The minimum atomic E-state index is 0.349. The van der Waals surface area contributed by atoms with Gasteiger partial charge in [0.15, 0.2) is 0 Å². The van der Waals surface area contributed by atoms with E-state index in [4.69, 9.17) is 0 Å². The Bertz CT molecular complexity index is 218. The summed E-state index contributed by atoms with van der Waals surface area (Å²) in [4.78, 5) is 12.3. The Morgan fingerprint density at radius 3 is 3.00 bits per heavy atom. The maximum absolute atomic E-state index is 11.1. The van der Waals surface area contributed by atoms with Crippen LogP contribution >= 0.6 is 33.9 Å². The molecule has 0 bridgehead atoms. The molecule has 3 heteroatoms. The summed E-state index contributed by atoms with van der Waals surface area (Å²) in [6, 6.07) is 3.99. The number of rotatable bonds is 4. The Labute approximate surface area is 84.0 Å². The molecule has 0 aliphatic rings. The van der Waals surface area contributed by atoms with Crippen molar-refractivity contribution in [3.05, 3.63) is 22.4 Å². The molecule has 11 heavy (non-hydrogen) atoms. The summed E-state index contributed by atoms with van der Waals surface area (Å²) in [7, 11) is 0. The number of halogens is 1. The van der Waals surface area contributed by atoms with Crippen LogP contribution in [0.15, 0.2) is 17.5 Å². The Morgan fingerprint density at radius 1 is 1.64 bits per heavy atom. The summed E-state index contributed by atoms with van der Waals surface area (Å²) in [5.74, 6) is 0.349. The van der Waals surface area contributed by atoms with Crippen molar-refractivity contribution in [2.24, 2.45) is 0 Å². The molecule has 1 rings (SSSR count). The predicted octanol–water partition coefficient (Wildman–Crippen LogP) is 2.68. The summed E-state index contributed by atoms with van der Waals surface area (Å²) in [6.07, 6.45) is 1.33. The van der Waals surface area contributed by atoms with E-state index in [1.165, 1.54) is 4.88 Å². The molecule has 0 saturated carbocycles. The van der Waals surface area contributed by atoms with E-state index in [9.17, 15) is 4.79 Å². The number of hydrogen-bond donors (Lipinski definition) is 0. The van der Waals surface area contributed by atoms with Crippen LogP contribution in [0.1, 0.15) is 11.3 Å². The smallest absolute Gasteiger partial charge is 0.138 e. The monoisotopic (exact) mass is 280 g/mol. The van der Waals surface area contributed by atoms with E-state index in [0.717, 1.165) is 4.43 Å². The Hall–Kier alpha value is 0.1000. The van der Waals surface area contributed by atoms with Crippen LogP contribution in [0.4, 0.5) is 0 Å². The van der Waals surface area contributed by atoms with Gasteiger partial charge in [0.1, 0.15) is 5.78 Å². The van der Waals surface area contributed by atoms with Crippen molar-refractivity contribution < 1.29 is 4.79 Å². The van der Waals surface area contributed by atoms with E-state index < -0.39 is 0 Å². The van der Waals surface area contributed by atoms with E-state index >= 15 is 0 Å². The van der Waals surface area contributed by atoms with Crippen molar-refractivity contribution in [1.82, 2.24) is 0 Å². The molecule has 0 aromatic carbocycles. The maximum atomic E-state index is 11.1. The number of thiophene rings is 1. The summed E-state index contributed by atoms with van der Waals surface area (Å²) < 4.78 is 0.933. The molecule has 0 radical (unpaired) electrons. The fraction of sp³-hybridized carbons (Fsp3) is 0.375. The first-order valence-corrected chi connectivity index (χ1v) is 5.83. The average Bonchev–Trinajstić information content (AvgIpc) is 2.40. The zero-order chi connectivity index (χ0) is 8.10. The molecule has 1 heterocycles. The van der Waals surface area contributed by atoms with Gasteiger partial charge < -0.3 is 0 Å². The highest BCUT2D eigenvalue weighted by atomic mass is 127. The molecular formula is C8H9IOS. The van der Waals surface area contributed by atoms with Crippen LogP contribution in [0.5, 0.6) is 0 Å². The molecule has 0 atom stereocenters. The summed E-state index contributed by atoms with van der Waals surface area (Å²) in [5.41, 5.74) is 0. The maximum Gasteiger partial charge on any atom is 0.138 e. The van der Waals surface area contributed by atoms with Gasteiger partial charge >= 0.3 is 0 Å². The molecule has 0 fully saturated rings. The molecule has 1 nitrogen and oxygen atoms in total. The Morgan fingerprint density at radius 2 is 2.45 bits per heavy atom. The third kappa shape index (κ3) is 3.33. The number of carbonyl (C=O) groups excluding carboxylic acids is 1. The lowest BCUT2D eigenvalue weighted by molar-refractivity contribution is -0.117. The topological polar surface area (TPSA) is 17.1 Å². The third-order valence-corrected chi connectivity index (χ3v) is 2.74. The van der Waals surface area contributed by atoms with Gasteiger partial charge in [0.2, 0.25) is 0 Å². The fourth-order valence-electron chi connectivity index (χ4n) is 0.801. The molecule has 0 unspecified atom stereocenters. The van der Waals surface area contributed by atoms with Crippen LogP contribution in [0.2, 0.25) is 0 Å². The quantitative estimate of drug-likeness (QED) is 0.612. The average molecular weight is 280 g/mol. The number of Topliss-reactive ketones (excluding diaryl/α,β-unsaturated/α-hetero) is 1. The zero-order valence-corrected chi connectivity index (χ0v) is 9.02. The second-order valence-electron chi connectivity index (χ2n) is 2.23. The van der Waals surface area contributed by atoms with Crippen LogP contribution in [0.3, 0.4) is 0 Å². The van der Waals surface area contributed by atoms with E-state index in [-0.39, 0.29) is 0 Å². The minimum Gasteiger partial charge on any atom is -0.299 e. The SMILES string of the molecule is O=C(CCI)Cc1cccs1. The number of alkyl halides is 1. The molecule has 0 aliphatic carbocycles. The van der Waals surface area contributed by atoms with Crippen LogP contribution < -0.4 is 0 Å². The van der Waals surface area contributed by atoms with Crippen molar-refractivity contribution in [3.8, 4) is 0 Å². The second kappa shape index (κ2) is 4.87. The molecule has 60 valence electrons. The zero-order valence-electron chi connectivity index (χ0n) is 6.05. The molecule has 0 amide bonds.